The normalized spacial score (nSPS) is 30.0. The molecule has 1 amide bonds. The van der Waals surface area contributed by atoms with Crippen LogP contribution in [0.5, 0.6) is 0 Å². The number of rotatable bonds is 12. The van der Waals surface area contributed by atoms with Gasteiger partial charge < -0.3 is 41.4 Å². The lowest BCUT2D eigenvalue weighted by Crippen LogP contribution is -2.36. The summed E-state index contributed by atoms with van der Waals surface area (Å²) in [6.45, 7) is 11.8. The predicted molar refractivity (Wildman–Crippen MR) is 173 cm³/mol. The second-order valence-corrected chi connectivity index (χ2v) is 13.8. The number of hydrogen-bond acceptors (Lipinski definition) is 7. The Kier molecular flexibility index (Phi) is 9.50. The summed E-state index contributed by atoms with van der Waals surface area (Å²) in [6.07, 6.45) is 5.14. The Balaban J connectivity index is 1.50. The Hall–Kier alpha value is -3.25. The second-order valence-electron chi connectivity index (χ2n) is 12.5. The minimum absolute atomic E-state index is 0.0183. The molecule has 0 spiro atoms. The number of carbonyl (C=O) groups excluding carboxylic acids is 1. The molecule has 6 atom stereocenters. The summed E-state index contributed by atoms with van der Waals surface area (Å²) in [6, 6.07) is -0.250. The number of carboxylic acids is 1. The van der Waals surface area contributed by atoms with E-state index >= 15 is 0 Å². The van der Waals surface area contributed by atoms with Crippen molar-refractivity contribution in [3.05, 3.63) is 68.9 Å². The van der Waals surface area contributed by atoms with Crippen LogP contribution < -0.4 is 16.0 Å². The van der Waals surface area contributed by atoms with E-state index in [1.54, 1.807) is 6.08 Å². The first kappa shape index (κ1) is 32.2. The smallest absolute Gasteiger partial charge is 0.303 e. The average Bonchev–Trinajstić information content (AvgIpc) is 3.53. The number of aromatic amines is 1. The van der Waals surface area contributed by atoms with Gasteiger partial charge >= 0.3 is 5.97 Å². The van der Waals surface area contributed by atoms with Gasteiger partial charge in [0.25, 0.3) is 5.91 Å². The number of nitrogens with one attached hydrogen (secondary N) is 4. The van der Waals surface area contributed by atoms with Gasteiger partial charge in [0, 0.05) is 53.2 Å². The molecule has 238 valence electrons. The largest absolute Gasteiger partial charge is 0.481 e. The zero-order chi connectivity index (χ0) is 31.9. The Bertz CT molecular complexity index is 1470. The third-order valence-electron chi connectivity index (χ3n) is 9.65. The molecule has 2 fully saturated rings. The number of carboxylic acid groups (broad SMARTS) is 1. The summed E-state index contributed by atoms with van der Waals surface area (Å²) < 4.78 is 0. The lowest BCUT2D eigenvalue weighted by Gasteiger charge is -2.20. The van der Waals surface area contributed by atoms with Crippen molar-refractivity contribution in [1.82, 2.24) is 20.9 Å². The Labute approximate surface area is 262 Å². The lowest BCUT2D eigenvalue weighted by molar-refractivity contribution is -0.137. The van der Waals surface area contributed by atoms with Gasteiger partial charge in [-0.2, -0.15) is 0 Å². The van der Waals surface area contributed by atoms with Crippen LogP contribution in [0.25, 0.3) is 12.2 Å². The molecule has 11 heteroatoms. The topological polar surface area (TPSA) is 167 Å². The first-order chi connectivity index (χ1) is 20.9. The molecular formula is C33H45N4O6S+. The van der Waals surface area contributed by atoms with Crippen molar-refractivity contribution in [2.45, 2.75) is 89.7 Å². The number of carbonyl (C=O) groups is 2. The number of hydrogen-bond donors (Lipinski definition) is 8. The molecule has 5 heterocycles. The molecule has 44 heavy (non-hydrogen) atoms. The number of thiol groups is 1. The molecule has 1 aromatic rings. The summed E-state index contributed by atoms with van der Waals surface area (Å²) in [5.41, 5.74) is 8.94. The fraction of sp³-hybridized carbons (Fsp3) is 0.515. The number of amides is 1. The van der Waals surface area contributed by atoms with E-state index in [1.165, 1.54) is 11.8 Å². The van der Waals surface area contributed by atoms with E-state index < -0.39 is 18.5 Å². The van der Waals surface area contributed by atoms with Gasteiger partial charge in [-0.15, -0.1) is 0 Å². The van der Waals surface area contributed by atoms with Crippen LogP contribution >= 0.6 is 0 Å². The SMILES string of the molecule is C=CC1=C(C)[C@@H](CC2N/C(=C\c3[nH]c(/C=C4\NC(O)[C@H](C)[C@H]4[C@H]4C[SH+]4)c(C)c3CCC(=O)O)C(CCC(O)O)=C2C)NC1=O. The number of aliphatic carboxylic acids is 1. The molecular weight excluding hydrogens is 580 g/mol. The summed E-state index contributed by atoms with van der Waals surface area (Å²) in [5.74, 6) is 0.472. The van der Waals surface area contributed by atoms with Gasteiger partial charge in [-0.1, -0.05) is 19.6 Å². The first-order valence-electron chi connectivity index (χ1n) is 15.3. The van der Waals surface area contributed by atoms with Crippen molar-refractivity contribution in [2.75, 3.05) is 5.75 Å². The van der Waals surface area contributed by atoms with Crippen LogP contribution in [0.3, 0.4) is 0 Å². The quantitative estimate of drug-likeness (QED) is 0.0757. The van der Waals surface area contributed by atoms with Crippen LogP contribution in [-0.2, 0) is 27.8 Å². The maximum absolute atomic E-state index is 12.4. The maximum Gasteiger partial charge on any atom is 0.303 e. The highest BCUT2D eigenvalue weighted by molar-refractivity contribution is 7.86. The van der Waals surface area contributed by atoms with Crippen LogP contribution in [0.2, 0.25) is 0 Å². The number of H-pyrrole nitrogens is 1. The number of aliphatic hydroxyl groups excluding tert-OH is 2. The van der Waals surface area contributed by atoms with Crippen molar-refractivity contribution in [2.24, 2.45) is 11.8 Å². The zero-order valence-corrected chi connectivity index (χ0v) is 26.7. The van der Waals surface area contributed by atoms with E-state index in [0.717, 1.165) is 56.4 Å². The average molecular weight is 626 g/mol. The van der Waals surface area contributed by atoms with Gasteiger partial charge in [0.1, 0.15) is 6.23 Å². The zero-order valence-electron chi connectivity index (χ0n) is 25.8. The van der Waals surface area contributed by atoms with Gasteiger partial charge in [0.2, 0.25) is 0 Å². The highest BCUT2D eigenvalue weighted by atomic mass is 32.2. The molecule has 0 bridgehead atoms. The van der Waals surface area contributed by atoms with Gasteiger partial charge in [-0.05, 0) is 91.8 Å². The van der Waals surface area contributed by atoms with E-state index in [0.29, 0.717) is 30.1 Å². The van der Waals surface area contributed by atoms with Gasteiger partial charge in [0.15, 0.2) is 17.3 Å². The van der Waals surface area contributed by atoms with Crippen molar-refractivity contribution in [3.8, 4) is 0 Å². The summed E-state index contributed by atoms with van der Waals surface area (Å²) >= 11 is 1.40. The molecule has 4 aliphatic rings. The van der Waals surface area contributed by atoms with Crippen molar-refractivity contribution in [3.63, 3.8) is 0 Å². The molecule has 0 radical (unpaired) electrons. The molecule has 0 saturated carbocycles. The van der Waals surface area contributed by atoms with Crippen LogP contribution in [0.4, 0.5) is 0 Å². The molecule has 4 aliphatic heterocycles. The molecule has 8 N–H and O–H groups in total. The summed E-state index contributed by atoms with van der Waals surface area (Å²) in [5, 5.41) is 49.9. The number of allylic oxidation sites excluding steroid dienone is 2. The Morgan fingerprint density at radius 2 is 1.77 bits per heavy atom. The van der Waals surface area contributed by atoms with E-state index in [1.807, 2.05) is 26.8 Å². The van der Waals surface area contributed by atoms with Crippen molar-refractivity contribution in [1.29, 1.82) is 0 Å². The van der Waals surface area contributed by atoms with Crippen molar-refractivity contribution < 1.29 is 30.0 Å². The Morgan fingerprint density at radius 3 is 2.39 bits per heavy atom. The molecule has 2 unspecified atom stereocenters. The summed E-state index contributed by atoms with van der Waals surface area (Å²) in [4.78, 5) is 27.6. The minimum atomic E-state index is -1.45. The van der Waals surface area contributed by atoms with Gasteiger partial charge in [-0.3, -0.25) is 9.59 Å². The van der Waals surface area contributed by atoms with E-state index in [4.69, 9.17) is 0 Å². The molecule has 2 saturated heterocycles. The molecule has 5 rings (SSSR count). The lowest BCUT2D eigenvalue weighted by atomic mass is 9.91. The fourth-order valence-electron chi connectivity index (χ4n) is 6.87. The first-order valence-corrected chi connectivity index (χ1v) is 16.5. The highest BCUT2D eigenvalue weighted by Crippen LogP contribution is 2.40. The molecule has 1 aromatic heterocycles. The maximum atomic E-state index is 12.4. The highest BCUT2D eigenvalue weighted by Gasteiger charge is 2.51. The molecule has 0 aliphatic carbocycles. The predicted octanol–water partition coefficient (Wildman–Crippen LogP) is 2.16. The van der Waals surface area contributed by atoms with E-state index in [2.05, 4.69) is 40.5 Å². The number of aliphatic hydroxyl groups is 3. The summed E-state index contributed by atoms with van der Waals surface area (Å²) in [7, 11) is 0. The fourth-order valence-corrected chi connectivity index (χ4v) is 7.88. The minimum Gasteiger partial charge on any atom is -0.481 e. The van der Waals surface area contributed by atoms with Crippen LogP contribution in [0, 0.1) is 18.8 Å². The van der Waals surface area contributed by atoms with Crippen LogP contribution in [0.15, 0.2) is 46.3 Å². The standard InChI is InChI=1S/C33H44N4O6S/c1-6-19-15(2)24(36-33(19)43)11-22-16(3)20(7-9-29(38)39)25(34-22)13-26-21(8-10-30(40)41)17(4)23(35-26)12-27-31(28-14-44-28)18(5)32(42)37-27/h6,12-13,18,22,24,28-29,31-32,34-35,37-39,42H,1,7-11,14H2,2-5H3,(H,36,43)(H,40,41)/p+1/b25-13-,27-12-/t18-,22?,24-,28-,31-,32?/m1/s1. The van der Waals surface area contributed by atoms with Gasteiger partial charge in [0.05, 0.1) is 12.0 Å². The monoisotopic (exact) mass is 625 g/mol. The molecule has 0 aromatic carbocycles. The van der Waals surface area contributed by atoms with Gasteiger partial charge in [-0.25, -0.2) is 0 Å². The van der Waals surface area contributed by atoms with E-state index in [9.17, 15) is 30.0 Å². The second kappa shape index (κ2) is 13.0. The van der Waals surface area contributed by atoms with Crippen LogP contribution in [-0.4, -0.2) is 72.9 Å². The van der Waals surface area contributed by atoms with Crippen molar-refractivity contribution >= 4 is 35.8 Å². The third kappa shape index (κ3) is 6.56. The van der Waals surface area contributed by atoms with E-state index in [-0.39, 0.29) is 42.7 Å². The Morgan fingerprint density at radius 1 is 1.07 bits per heavy atom. The number of aromatic nitrogens is 1. The van der Waals surface area contributed by atoms with Crippen LogP contribution in [0.1, 0.15) is 69.0 Å². The third-order valence-corrected chi connectivity index (χ3v) is 10.8. The molecule has 10 nitrogen and oxygen atoms in total.